The first-order valence-electron chi connectivity index (χ1n) is 5.13. The van der Waals surface area contributed by atoms with Gasteiger partial charge in [0.2, 0.25) is 0 Å². The van der Waals surface area contributed by atoms with Crippen LogP contribution in [0, 0.1) is 11.3 Å². The van der Waals surface area contributed by atoms with Crippen LogP contribution >= 0.6 is 0 Å². The van der Waals surface area contributed by atoms with Crippen LogP contribution in [0.3, 0.4) is 0 Å². The number of nitrogens with zero attached hydrogens (tertiary/aromatic N) is 1. The van der Waals surface area contributed by atoms with Gasteiger partial charge < -0.3 is 4.74 Å². The average Bonchev–Trinajstić information content (AvgIpc) is 2.56. The molecule has 0 aromatic carbocycles. The van der Waals surface area contributed by atoms with Gasteiger partial charge in [-0.25, -0.2) is 0 Å². The Morgan fingerprint density at radius 2 is 2.31 bits per heavy atom. The standard InChI is InChI=1S/C10H16N2O/c11-8-10(4-2-5-10)12-7-9-3-1-6-13-9/h9,12H,1-7H2. The molecule has 72 valence electrons. The van der Waals surface area contributed by atoms with Crippen molar-refractivity contribution in [3.63, 3.8) is 0 Å². The highest BCUT2D eigenvalue weighted by molar-refractivity contribution is 5.12. The van der Waals surface area contributed by atoms with Gasteiger partial charge in [-0.1, -0.05) is 0 Å². The van der Waals surface area contributed by atoms with Crippen molar-refractivity contribution in [2.75, 3.05) is 13.2 Å². The lowest BCUT2D eigenvalue weighted by Crippen LogP contribution is -2.51. The molecule has 2 fully saturated rings. The first kappa shape index (κ1) is 8.98. The van der Waals surface area contributed by atoms with Crippen molar-refractivity contribution in [1.29, 1.82) is 5.26 Å². The SMILES string of the molecule is N#CC1(NCC2CCCO2)CCC1. The van der Waals surface area contributed by atoms with Crippen molar-refractivity contribution in [3.8, 4) is 6.07 Å². The van der Waals surface area contributed by atoms with E-state index in [1.165, 1.54) is 12.8 Å². The van der Waals surface area contributed by atoms with Crippen LogP contribution in [-0.2, 0) is 4.74 Å². The van der Waals surface area contributed by atoms with E-state index in [9.17, 15) is 0 Å². The van der Waals surface area contributed by atoms with Crippen molar-refractivity contribution < 1.29 is 4.74 Å². The topological polar surface area (TPSA) is 45.0 Å². The minimum Gasteiger partial charge on any atom is -0.377 e. The van der Waals surface area contributed by atoms with E-state index >= 15 is 0 Å². The minimum absolute atomic E-state index is 0.202. The lowest BCUT2D eigenvalue weighted by Gasteiger charge is -2.36. The summed E-state index contributed by atoms with van der Waals surface area (Å²) in [6, 6.07) is 2.37. The second kappa shape index (κ2) is 3.65. The molecule has 1 N–H and O–H groups in total. The smallest absolute Gasteiger partial charge is 0.106 e. The summed E-state index contributed by atoms with van der Waals surface area (Å²) in [5, 5.41) is 12.3. The zero-order valence-electron chi connectivity index (χ0n) is 7.88. The van der Waals surface area contributed by atoms with Gasteiger partial charge in [0.15, 0.2) is 0 Å². The lowest BCUT2D eigenvalue weighted by atomic mass is 9.78. The molecule has 0 bridgehead atoms. The fourth-order valence-corrected chi connectivity index (χ4v) is 1.97. The van der Waals surface area contributed by atoms with E-state index in [1.54, 1.807) is 0 Å². The Balaban J connectivity index is 1.75. The number of hydrogen-bond acceptors (Lipinski definition) is 3. The van der Waals surface area contributed by atoms with Crippen LogP contribution in [0.2, 0.25) is 0 Å². The highest BCUT2D eigenvalue weighted by atomic mass is 16.5. The van der Waals surface area contributed by atoms with Crippen molar-refractivity contribution >= 4 is 0 Å². The molecule has 2 aliphatic rings. The molecule has 3 nitrogen and oxygen atoms in total. The van der Waals surface area contributed by atoms with Crippen molar-refractivity contribution in [3.05, 3.63) is 0 Å². The third kappa shape index (κ3) is 1.84. The first-order chi connectivity index (χ1) is 6.35. The van der Waals surface area contributed by atoms with Crippen LogP contribution in [0.4, 0.5) is 0 Å². The maximum atomic E-state index is 8.96. The van der Waals surface area contributed by atoms with Gasteiger partial charge in [-0.15, -0.1) is 0 Å². The number of nitrogens with one attached hydrogen (secondary N) is 1. The third-order valence-electron chi connectivity index (χ3n) is 3.11. The zero-order valence-corrected chi connectivity index (χ0v) is 7.88. The number of hydrogen-bond donors (Lipinski definition) is 1. The first-order valence-corrected chi connectivity index (χ1v) is 5.13. The van der Waals surface area contributed by atoms with Gasteiger partial charge in [-0.2, -0.15) is 5.26 Å². The molecule has 1 aliphatic carbocycles. The second-order valence-electron chi connectivity index (χ2n) is 4.06. The van der Waals surface area contributed by atoms with Gasteiger partial charge in [-0.3, -0.25) is 5.32 Å². The molecule has 2 rings (SSSR count). The molecule has 1 unspecified atom stereocenters. The molecule has 0 spiro atoms. The van der Waals surface area contributed by atoms with Crippen molar-refractivity contribution in [2.24, 2.45) is 0 Å². The number of rotatable bonds is 3. The highest BCUT2D eigenvalue weighted by Crippen LogP contribution is 2.31. The summed E-state index contributed by atoms with van der Waals surface area (Å²) in [5.41, 5.74) is -0.202. The fourth-order valence-electron chi connectivity index (χ4n) is 1.97. The fraction of sp³-hybridized carbons (Fsp3) is 0.900. The summed E-state index contributed by atoms with van der Waals surface area (Å²) < 4.78 is 5.49. The van der Waals surface area contributed by atoms with Gasteiger partial charge in [-0.05, 0) is 32.1 Å². The number of nitriles is 1. The molecule has 0 radical (unpaired) electrons. The molecule has 3 heteroatoms. The monoisotopic (exact) mass is 180 g/mol. The van der Waals surface area contributed by atoms with E-state index in [0.29, 0.717) is 6.10 Å². The van der Waals surface area contributed by atoms with E-state index in [4.69, 9.17) is 10.00 Å². The van der Waals surface area contributed by atoms with Gasteiger partial charge in [0, 0.05) is 13.2 Å². The van der Waals surface area contributed by atoms with E-state index in [-0.39, 0.29) is 5.54 Å². The molecule has 0 aromatic rings. The molecular formula is C10H16N2O. The molecule has 1 heterocycles. The summed E-state index contributed by atoms with van der Waals surface area (Å²) in [5.74, 6) is 0. The molecule has 1 saturated carbocycles. The van der Waals surface area contributed by atoms with E-state index in [0.717, 1.165) is 32.4 Å². The van der Waals surface area contributed by atoms with Crippen molar-refractivity contribution in [1.82, 2.24) is 5.32 Å². The van der Waals surface area contributed by atoms with E-state index in [2.05, 4.69) is 11.4 Å². The van der Waals surface area contributed by atoms with Crippen LogP contribution in [0.5, 0.6) is 0 Å². The average molecular weight is 180 g/mol. The van der Waals surface area contributed by atoms with E-state index in [1.807, 2.05) is 0 Å². The third-order valence-corrected chi connectivity index (χ3v) is 3.11. The Bertz CT molecular complexity index is 211. The van der Waals surface area contributed by atoms with E-state index < -0.39 is 0 Å². The maximum absolute atomic E-state index is 8.96. The summed E-state index contributed by atoms with van der Waals surface area (Å²) in [6.07, 6.45) is 5.88. The summed E-state index contributed by atoms with van der Waals surface area (Å²) in [6.45, 7) is 1.75. The molecule has 1 atom stereocenters. The predicted molar refractivity (Wildman–Crippen MR) is 49.2 cm³/mol. The molecule has 0 amide bonds. The molecule has 0 aromatic heterocycles. The van der Waals surface area contributed by atoms with Crippen molar-refractivity contribution in [2.45, 2.75) is 43.7 Å². The quantitative estimate of drug-likeness (QED) is 0.709. The van der Waals surface area contributed by atoms with Gasteiger partial charge >= 0.3 is 0 Å². The normalized spacial score (nSPS) is 30.8. The number of ether oxygens (including phenoxy) is 1. The summed E-state index contributed by atoms with van der Waals surface area (Å²) >= 11 is 0. The maximum Gasteiger partial charge on any atom is 0.106 e. The molecular weight excluding hydrogens is 164 g/mol. The largest absolute Gasteiger partial charge is 0.377 e. The van der Waals surface area contributed by atoms with Crippen LogP contribution in [0.15, 0.2) is 0 Å². The Hall–Kier alpha value is -0.590. The van der Waals surface area contributed by atoms with Crippen LogP contribution < -0.4 is 5.32 Å². The summed E-state index contributed by atoms with van der Waals surface area (Å²) in [7, 11) is 0. The minimum atomic E-state index is -0.202. The Morgan fingerprint density at radius 1 is 1.46 bits per heavy atom. The summed E-state index contributed by atoms with van der Waals surface area (Å²) in [4.78, 5) is 0. The van der Waals surface area contributed by atoms with Gasteiger partial charge in [0.05, 0.1) is 12.2 Å². The van der Waals surface area contributed by atoms with Crippen LogP contribution in [0.1, 0.15) is 32.1 Å². The molecule has 1 saturated heterocycles. The van der Waals surface area contributed by atoms with Gasteiger partial charge in [0.25, 0.3) is 0 Å². The van der Waals surface area contributed by atoms with Crippen LogP contribution in [0.25, 0.3) is 0 Å². The zero-order chi connectivity index (χ0) is 9.15. The Morgan fingerprint density at radius 3 is 2.77 bits per heavy atom. The Labute approximate surface area is 79.1 Å². The molecule has 13 heavy (non-hydrogen) atoms. The second-order valence-corrected chi connectivity index (χ2v) is 4.06. The molecule has 1 aliphatic heterocycles. The Kier molecular flexibility index (Phi) is 2.52. The van der Waals surface area contributed by atoms with Gasteiger partial charge in [0.1, 0.15) is 5.54 Å². The highest BCUT2D eigenvalue weighted by Gasteiger charge is 2.37. The van der Waals surface area contributed by atoms with Crippen LogP contribution in [-0.4, -0.2) is 24.8 Å². The predicted octanol–water partition coefficient (Wildman–Crippen LogP) is 1.20. The lowest BCUT2D eigenvalue weighted by molar-refractivity contribution is 0.0970.